The lowest BCUT2D eigenvalue weighted by molar-refractivity contribution is 0.618. The van der Waals surface area contributed by atoms with E-state index in [2.05, 4.69) is 38.8 Å². The van der Waals surface area contributed by atoms with Crippen LogP contribution in [0.5, 0.6) is 5.75 Å². The number of hydrogen-bond donors (Lipinski definition) is 0. The van der Waals surface area contributed by atoms with Crippen molar-refractivity contribution in [3.05, 3.63) is 27.1 Å². The lowest BCUT2D eigenvalue weighted by Crippen LogP contribution is -1.85. The van der Waals surface area contributed by atoms with Gasteiger partial charge in [0.25, 0.3) is 0 Å². The van der Waals surface area contributed by atoms with Gasteiger partial charge in [-0.05, 0) is 40.5 Å². The van der Waals surface area contributed by atoms with Crippen molar-refractivity contribution in [2.24, 2.45) is 0 Å². The topological polar surface area (TPSA) is 9.23 Å². The molecule has 0 bridgehead atoms. The summed E-state index contributed by atoms with van der Waals surface area (Å²) < 4.78 is 7.82. The van der Waals surface area contributed by atoms with Crippen LogP contribution in [0.1, 0.15) is 32.6 Å². The lowest BCUT2D eigenvalue weighted by atomic mass is 10.2. The highest BCUT2D eigenvalue weighted by molar-refractivity contribution is 9.11. The molecular formula is C12H17Br2OP. The van der Waals surface area contributed by atoms with E-state index in [9.17, 15) is 0 Å². The molecule has 1 aromatic rings. The van der Waals surface area contributed by atoms with E-state index >= 15 is 0 Å². The van der Waals surface area contributed by atoms with E-state index in [1.807, 2.05) is 18.2 Å². The number of rotatable bonds is 7. The fraction of sp³-hybridized carbons (Fsp3) is 0.500. The maximum atomic E-state index is 5.73. The number of benzene rings is 1. The molecule has 0 fully saturated rings. The van der Waals surface area contributed by atoms with E-state index < -0.39 is 0 Å². The smallest absolute Gasteiger partial charge is 0.137 e. The Hall–Kier alpha value is 0.410. The summed E-state index contributed by atoms with van der Waals surface area (Å²) in [7, 11) is 0.569. The number of unbranched alkanes of at least 4 members (excludes halogenated alkanes) is 3. The average molecular weight is 368 g/mol. The molecule has 16 heavy (non-hydrogen) atoms. The van der Waals surface area contributed by atoms with Crippen molar-refractivity contribution in [3.63, 3.8) is 0 Å². The summed E-state index contributed by atoms with van der Waals surface area (Å²) in [6.45, 7) is 2.23. The molecule has 0 radical (unpaired) electrons. The second kappa shape index (κ2) is 8.49. The SMILES string of the molecule is CCCCCCPOc1ccc(Br)cc1Br. The normalized spacial score (nSPS) is 11.2. The van der Waals surface area contributed by atoms with Crippen molar-refractivity contribution in [1.29, 1.82) is 0 Å². The van der Waals surface area contributed by atoms with Crippen molar-refractivity contribution in [3.8, 4) is 5.75 Å². The zero-order valence-electron chi connectivity index (χ0n) is 9.43. The van der Waals surface area contributed by atoms with Gasteiger partial charge in [-0.1, -0.05) is 42.1 Å². The standard InChI is InChI=1S/C12H17Br2OP/c1-2-3-4-5-8-16-15-12-7-6-10(13)9-11(12)14/h6-7,9,16H,2-5,8H2,1H3. The van der Waals surface area contributed by atoms with Crippen LogP contribution >= 0.6 is 40.7 Å². The van der Waals surface area contributed by atoms with Gasteiger partial charge in [-0.25, -0.2) is 0 Å². The molecular weight excluding hydrogens is 351 g/mol. The monoisotopic (exact) mass is 366 g/mol. The maximum Gasteiger partial charge on any atom is 0.137 e. The molecule has 0 heterocycles. The fourth-order valence-electron chi connectivity index (χ4n) is 1.31. The van der Waals surface area contributed by atoms with Crippen molar-refractivity contribution >= 4 is 40.7 Å². The maximum absolute atomic E-state index is 5.73. The molecule has 1 aromatic carbocycles. The van der Waals surface area contributed by atoms with Gasteiger partial charge in [0.15, 0.2) is 0 Å². The Balaban J connectivity index is 2.21. The highest BCUT2D eigenvalue weighted by Gasteiger charge is 2.01. The molecule has 0 amide bonds. The minimum Gasteiger partial charge on any atom is -0.476 e. The van der Waals surface area contributed by atoms with Crippen LogP contribution in [0.3, 0.4) is 0 Å². The van der Waals surface area contributed by atoms with Crippen LogP contribution in [0.4, 0.5) is 0 Å². The number of hydrogen-bond acceptors (Lipinski definition) is 1. The van der Waals surface area contributed by atoms with Crippen molar-refractivity contribution in [1.82, 2.24) is 0 Å². The first kappa shape index (κ1) is 14.5. The minimum absolute atomic E-state index is 0.569. The predicted octanol–water partition coefficient (Wildman–Crippen LogP) is 5.76. The molecule has 4 heteroatoms. The summed E-state index contributed by atoms with van der Waals surface area (Å²) in [5, 5.41) is 0. The van der Waals surface area contributed by atoms with Gasteiger partial charge in [0.1, 0.15) is 5.75 Å². The molecule has 1 atom stereocenters. The molecule has 0 saturated carbocycles. The second-order valence-corrected chi connectivity index (χ2v) is 6.39. The first-order chi connectivity index (χ1) is 7.74. The Bertz CT molecular complexity index is 318. The molecule has 1 nitrogen and oxygen atoms in total. The first-order valence-electron chi connectivity index (χ1n) is 5.58. The fourth-order valence-corrected chi connectivity index (χ4v) is 3.42. The third-order valence-corrected chi connectivity index (χ3v) is 4.24. The van der Waals surface area contributed by atoms with Crippen LogP contribution in [0.2, 0.25) is 0 Å². The van der Waals surface area contributed by atoms with Gasteiger partial charge < -0.3 is 4.52 Å². The summed E-state index contributed by atoms with van der Waals surface area (Å²) in [6.07, 6.45) is 6.41. The summed E-state index contributed by atoms with van der Waals surface area (Å²) in [5.74, 6) is 0.942. The average Bonchev–Trinajstić information content (AvgIpc) is 2.26. The Morgan fingerprint density at radius 3 is 2.69 bits per heavy atom. The van der Waals surface area contributed by atoms with Gasteiger partial charge in [0, 0.05) is 10.6 Å². The molecule has 1 rings (SSSR count). The first-order valence-corrected chi connectivity index (χ1v) is 8.29. The van der Waals surface area contributed by atoms with Gasteiger partial charge in [-0.2, -0.15) is 0 Å². The largest absolute Gasteiger partial charge is 0.476 e. The third-order valence-electron chi connectivity index (χ3n) is 2.21. The van der Waals surface area contributed by atoms with Gasteiger partial charge >= 0.3 is 0 Å². The minimum atomic E-state index is 0.569. The molecule has 0 spiro atoms. The summed E-state index contributed by atoms with van der Waals surface area (Å²) in [4.78, 5) is 0. The quantitative estimate of drug-likeness (QED) is 0.439. The van der Waals surface area contributed by atoms with Gasteiger partial charge in [-0.3, -0.25) is 0 Å². The van der Waals surface area contributed by atoms with Crippen LogP contribution < -0.4 is 4.52 Å². The van der Waals surface area contributed by atoms with Crippen LogP contribution in [0.25, 0.3) is 0 Å². The Labute approximate surface area is 116 Å². The van der Waals surface area contributed by atoms with E-state index in [-0.39, 0.29) is 0 Å². The van der Waals surface area contributed by atoms with Crippen molar-refractivity contribution < 1.29 is 4.52 Å². The van der Waals surface area contributed by atoms with Crippen LogP contribution in [-0.2, 0) is 0 Å². The van der Waals surface area contributed by atoms with Gasteiger partial charge in [-0.15, -0.1) is 0 Å². The van der Waals surface area contributed by atoms with Crippen molar-refractivity contribution in [2.75, 3.05) is 6.16 Å². The highest BCUT2D eigenvalue weighted by atomic mass is 79.9. The second-order valence-electron chi connectivity index (χ2n) is 3.63. The van der Waals surface area contributed by atoms with Gasteiger partial charge in [0.05, 0.1) is 13.3 Å². The molecule has 0 aliphatic carbocycles. The van der Waals surface area contributed by atoms with E-state index in [0.717, 1.165) is 14.7 Å². The Morgan fingerprint density at radius 2 is 2.00 bits per heavy atom. The zero-order chi connectivity index (χ0) is 11.8. The molecule has 0 N–H and O–H groups in total. The molecule has 0 aliphatic rings. The highest BCUT2D eigenvalue weighted by Crippen LogP contribution is 2.32. The summed E-state index contributed by atoms with van der Waals surface area (Å²) in [6, 6.07) is 6.01. The van der Waals surface area contributed by atoms with Gasteiger partial charge in [0.2, 0.25) is 0 Å². The molecule has 0 aromatic heterocycles. The molecule has 90 valence electrons. The predicted molar refractivity (Wildman–Crippen MR) is 79.8 cm³/mol. The van der Waals surface area contributed by atoms with Crippen LogP contribution in [0, 0.1) is 0 Å². The summed E-state index contributed by atoms with van der Waals surface area (Å²) in [5.41, 5.74) is 0. The van der Waals surface area contributed by atoms with E-state index in [0.29, 0.717) is 8.81 Å². The number of halogens is 2. The van der Waals surface area contributed by atoms with Crippen LogP contribution in [-0.4, -0.2) is 6.16 Å². The zero-order valence-corrected chi connectivity index (χ0v) is 13.6. The third kappa shape index (κ3) is 5.65. The molecule has 0 saturated heterocycles. The van der Waals surface area contributed by atoms with Crippen molar-refractivity contribution in [2.45, 2.75) is 32.6 Å². The molecule has 1 unspecified atom stereocenters. The van der Waals surface area contributed by atoms with Crippen LogP contribution in [0.15, 0.2) is 27.1 Å². The van der Waals surface area contributed by atoms with E-state index in [4.69, 9.17) is 4.52 Å². The van der Waals surface area contributed by atoms with E-state index in [1.165, 1.54) is 31.8 Å². The molecule has 0 aliphatic heterocycles. The van der Waals surface area contributed by atoms with E-state index in [1.54, 1.807) is 0 Å². The Kier molecular flexibility index (Phi) is 7.68. The Morgan fingerprint density at radius 1 is 1.19 bits per heavy atom. The lowest BCUT2D eigenvalue weighted by Gasteiger charge is -2.07. The summed E-state index contributed by atoms with van der Waals surface area (Å²) >= 11 is 6.91.